The normalized spacial score (nSPS) is 15.9. The van der Waals surface area contributed by atoms with Crippen molar-refractivity contribution >= 4 is 17.5 Å². The van der Waals surface area contributed by atoms with Crippen LogP contribution in [0.3, 0.4) is 0 Å². The number of hydrogen-bond donors (Lipinski definition) is 0. The summed E-state index contributed by atoms with van der Waals surface area (Å²) in [7, 11) is 0. The van der Waals surface area contributed by atoms with Crippen molar-refractivity contribution < 1.29 is 13.6 Å². The Balaban J connectivity index is 1.57. The van der Waals surface area contributed by atoms with E-state index in [-0.39, 0.29) is 11.7 Å². The number of carbonyl (C=O) groups excluding carboxylic acids is 1. The van der Waals surface area contributed by atoms with Gasteiger partial charge in [-0.15, -0.1) is 0 Å². The summed E-state index contributed by atoms with van der Waals surface area (Å²) in [6.07, 6.45) is 0. The fraction of sp³-hybridized carbons (Fsp3) is 0.353. The molecule has 1 aliphatic rings. The molecule has 1 saturated heterocycles. The van der Waals surface area contributed by atoms with E-state index in [1.807, 2.05) is 6.92 Å². The van der Waals surface area contributed by atoms with Crippen molar-refractivity contribution in [3.8, 4) is 0 Å². The lowest BCUT2D eigenvalue weighted by molar-refractivity contribution is 0.0596. The quantitative estimate of drug-likeness (QED) is 0.862. The van der Waals surface area contributed by atoms with Crippen molar-refractivity contribution in [3.63, 3.8) is 0 Å². The van der Waals surface area contributed by atoms with E-state index >= 15 is 0 Å². The lowest BCUT2D eigenvalue weighted by atomic mass is 10.2. The summed E-state index contributed by atoms with van der Waals surface area (Å²) in [6, 6.07) is 7.96. The van der Waals surface area contributed by atoms with Crippen LogP contribution in [0.1, 0.15) is 21.9 Å². The van der Waals surface area contributed by atoms with Gasteiger partial charge in [-0.1, -0.05) is 17.7 Å². The zero-order valence-corrected chi connectivity index (χ0v) is 13.6. The van der Waals surface area contributed by atoms with Crippen LogP contribution in [0.5, 0.6) is 0 Å². The van der Waals surface area contributed by atoms with E-state index in [4.69, 9.17) is 16.0 Å². The average Bonchev–Trinajstić information content (AvgIpc) is 2.97. The Labute approximate surface area is 139 Å². The summed E-state index contributed by atoms with van der Waals surface area (Å²) in [4.78, 5) is 16.3. The Morgan fingerprint density at radius 3 is 2.57 bits per heavy atom. The highest BCUT2D eigenvalue weighted by Gasteiger charge is 2.24. The maximum atomic E-state index is 13.1. The van der Waals surface area contributed by atoms with Gasteiger partial charge in [0.2, 0.25) is 0 Å². The molecule has 0 aliphatic carbocycles. The molecule has 1 aromatic carbocycles. The third-order valence-electron chi connectivity index (χ3n) is 4.02. The standard InChI is InChI=1S/C17H18ClFN2O2/c1-12-2-5-16(23-12)17(22)21-8-6-20(7-9-21)11-13-3-4-14(19)10-15(13)18/h2-5,10H,6-9,11H2,1H3. The van der Waals surface area contributed by atoms with Crippen LogP contribution in [-0.2, 0) is 6.54 Å². The molecule has 1 amide bonds. The number of carbonyl (C=O) groups is 1. The topological polar surface area (TPSA) is 36.7 Å². The number of amides is 1. The molecular weight excluding hydrogens is 319 g/mol. The second-order valence-electron chi connectivity index (χ2n) is 5.71. The Morgan fingerprint density at radius 2 is 1.96 bits per heavy atom. The fourth-order valence-electron chi connectivity index (χ4n) is 2.71. The van der Waals surface area contributed by atoms with Gasteiger partial charge in [0.1, 0.15) is 11.6 Å². The molecule has 0 radical (unpaired) electrons. The average molecular weight is 337 g/mol. The molecule has 1 aliphatic heterocycles. The van der Waals surface area contributed by atoms with E-state index in [9.17, 15) is 9.18 Å². The van der Waals surface area contributed by atoms with Gasteiger partial charge in [-0.25, -0.2) is 4.39 Å². The number of hydrogen-bond acceptors (Lipinski definition) is 3. The molecule has 4 nitrogen and oxygen atoms in total. The largest absolute Gasteiger partial charge is 0.456 e. The highest BCUT2D eigenvalue weighted by Crippen LogP contribution is 2.20. The first-order valence-electron chi connectivity index (χ1n) is 7.55. The van der Waals surface area contributed by atoms with E-state index in [2.05, 4.69) is 4.90 Å². The summed E-state index contributed by atoms with van der Waals surface area (Å²) in [5.74, 6) is 0.718. The first-order chi connectivity index (χ1) is 11.0. The molecule has 6 heteroatoms. The molecule has 122 valence electrons. The van der Waals surface area contributed by atoms with Gasteiger partial charge in [0, 0.05) is 37.7 Å². The molecule has 1 aromatic heterocycles. The van der Waals surface area contributed by atoms with Crippen molar-refractivity contribution in [2.45, 2.75) is 13.5 Å². The zero-order chi connectivity index (χ0) is 16.4. The molecule has 0 spiro atoms. The third-order valence-corrected chi connectivity index (χ3v) is 4.37. The van der Waals surface area contributed by atoms with Crippen LogP contribution in [0.4, 0.5) is 4.39 Å². The van der Waals surface area contributed by atoms with Crippen molar-refractivity contribution in [1.82, 2.24) is 9.80 Å². The predicted octanol–water partition coefficient (Wildman–Crippen LogP) is 3.34. The summed E-state index contributed by atoms with van der Waals surface area (Å²) in [6.45, 7) is 5.25. The molecule has 2 heterocycles. The Kier molecular flexibility index (Phi) is 4.68. The van der Waals surface area contributed by atoms with E-state index in [0.29, 0.717) is 30.4 Å². The lowest BCUT2D eigenvalue weighted by Gasteiger charge is -2.34. The number of rotatable bonds is 3. The van der Waals surface area contributed by atoms with Crippen LogP contribution >= 0.6 is 11.6 Å². The second kappa shape index (κ2) is 6.72. The van der Waals surface area contributed by atoms with E-state index in [1.165, 1.54) is 12.1 Å². The van der Waals surface area contributed by atoms with Gasteiger partial charge < -0.3 is 9.32 Å². The van der Waals surface area contributed by atoms with Crippen molar-refractivity contribution in [2.24, 2.45) is 0 Å². The SMILES string of the molecule is Cc1ccc(C(=O)N2CCN(Cc3ccc(F)cc3Cl)CC2)o1. The molecule has 3 rings (SSSR count). The maximum absolute atomic E-state index is 13.1. The zero-order valence-electron chi connectivity index (χ0n) is 12.9. The van der Waals surface area contributed by atoms with Crippen LogP contribution in [0.2, 0.25) is 5.02 Å². The molecule has 23 heavy (non-hydrogen) atoms. The van der Waals surface area contributed by atoms with Gasteiger partial charge in [0.15, 0.2) is 5.76 Å². The van der Waals surface area contributed by atoms with Crippen LogP contribution in [0, 0.1) is 12.7 Å². The van der Waals surface area contributed by atoms with E-state index in [0.717, 1.165) is 24.4 Å². The molecule has 0 bridgehead atoms. The Morgan fingerprint density at radius 1 is 1.22 bits per heavy atom. The number of nitrogens with zero attached hydrogens (tertiary/aromatic N) is 2. The third kappa shape index (κ3) is 3.74. The van der Waals surface area contributed by atoms with Crippen molar-refractivity contribution in [1.29, 1.82) is 0 Å². The van der Waals surface area contributed by atoms with Gasteiger partial charge in [-0.05, 0) is 36.8 Å². The molecule has 0 unspecified atom stereocenters. The minimum absolute atomic E-state index is 0.0717. The molecule has 1 fully saturated rings. The van der Waals surface area contributed by atoms with Crippen molar-refractivity contribution in [3.05, 3.63) is 58.3 Å². The highest BCUT2D eigenvalue weighted by atomic mass is 35.5. The van der Waals surface area contributed by atoms with Gasteiger partial charge in [0.25, 0.3) is 5.91 Å². The highest BCUT2D eigenvalue weighted by molar-refractivity contribution is 6.31. The molecular formula is C17H18ClFN2O2. The number of piperazine rings is 1. The first kappa shape index (κ1) is 16.0. The van der Waals surface area contributed by atoms with E-state index < -0.39 is 0 Å². The van der Waals surface area contributed by atoms with Crippen LogP contribution in [-0.4, -0.2) is 41.9 Å². The maximum Gasteiger partial charge on any atom is 0.289 e. The Hall–Kier alpha value is -1.85. The first-order valence-corrected chi connectivity index (χ1v) is 7.93. The number of benzene rings is 1. The lowest BCUT2D eigenvalue weighted by Crippen LogP contribution is -2.48. The minimum atomic E-state index is -0.331. The monoisotopic (exact) mass is 336 g/mol. The van der Waals surface area contributed by atoms with Gasteiger partial charge in [-0.2, -0.15) is 0 Å². The van der Waals surface area contributed by atoms with Crippen LogP contribution in [0.25, 0.3) is 0 Å². The Bertz CT molecular complexity index is 708. The number of furan rings is 1. The van der Waals surface area contributed by atoms with Gasteiger partial charge >= 0.3 is 0 Å². The molecule has 0 saturated carbocycles. The molecule has 0 atom stereocenters. The minimum Gasteiger partial charge on any atom is -0.456 e. The summed E-state index contributed by atoms with van der Waals surface area (Å²) < 4.78 is 18.5. The van der Waals surface area contributed by atoms with Gasteiger partial charge in [-0.3, -0.25) is 9.69 Å². The van der Waals surface area contributed by atoms with Crippen LogP contribution < -0.4 is 0 Å². The summed E-state index contributed by atoms with van der Waals surface area (Å²) in [5, 5.41) is 0.439. The summed E-state index contributed by atoms with van der Waals surface area (Å²) >= 11 is 6.07. The predicted molar refractivity (Wildman–Crippen MR) is 86.0 cm³/mol. The summed E-state index contributed by atoms with van der Waals surface area (Å²) in [5.41, 5.74) is 0.898. The fourth-order valence-corrected chi connectivity index (χ4v) is 2.93. The van der Waals surface area contributed by atoms with E-state index in [1.54, 1.807) is 23.1 Å². The smallest absolute Gasteiger partial charge is 0.289 e. The van der Waals surface area contributed by atoms with Crippen LogP contribution in [0.15, 0.2) is 34.7 Å². The second-order valence-corrected chi connectivity index (χ2v) is 6.12. The molecule has 0 N–H and O–H groups in total. The molecule has 2 aromatic rings. The van der Waals surface area contributed by atoms with Crippen molar-refractivity contribution in [2.75, 3.05) is 26.2 Å². The number of halogens is 2. The number of aryl methyl sites for hydroxylation is 1. The van der Waals surface area contributed by atoms with Gasteiger partial charge in [0.05, 0.1) is 0 Å².